The number of nitrogens with one attached hydrogen (secondary N) is 1. The minimum absolute atomic E-state index is 0.0967. The van der Waals surface area contributed by atoms with Gasteiger partial charge in [-0.1, -0.05) is 29.4 Å². The summed E-state index contributed by atoms with van der Waals surface area (Å²) in [5.74, 6) is -1.22. The van der Waals surface area contributed by atoms with Crippen molar-refractivity contribution in [3.05, 3.63) is 70.4 Å². The van der Waals surface area contributed by atoms with Crippen molar-refractivity contribution in [1.82, 2.24) is 5.16 Å². The van der Waals surface area contributed by atoms with E-state index in [4.69, 9.17) is 9.78 Å². The van der Waals surface area contributed by atoms with Gasteiger partial charge in [-0.05, 0) is 36.6 Å². The van der Waals surface area contributed by atoms with Crippen LogP contribution in [0.1, 0.15) is 37.5 Å². The zero-order valence-corrected chi connectivity index (χ0v) is 14.0. The van der Waals surface area contributed by atoms with Crippen molar-refractivity contribution < 1.29 is 19.2 Å². The molecule has 2 N–H and O–H groups in total. The third-order valence-electron chi connectivity index (χ3n) is 4.54. The summed E-state index contributed by atoms with van der Waals surface area (Å²) in [6, 6.07) is 13.7. The molecule has 132 valence electrons. The molecule has 0 bridgehead atoms. The number of amides is 1. The quantitative estimate of drug-likeness (QED) is 0.741. The Hall–Kier alpha value is -3.92. The average molecular weight is 359 g/mol. The van der Waals surface area contributed by atoms with Crippen molar-refractivity contribution in [3.8, 4) is 17.4 Å². The van der Waals surface area contributed by atoms with Crippen molar-refractivity contribution in [1.29, 1.82) is 5.26 Å². The van der Waals surface area contributed by atoms with E-state index in [1.54, 1.807) is 0 Å². The van der Waals surface area contributed by atoms with Crippen LogP contribution in [-0.4, -0.2) is 22.1 Å². The lowest BCUT2D eigenvalue weighted by atomic mass is 9.89. The number of aromatic nitrogens is 1. The van der Waals surface area contributed by atoms with Gasteiger partial charge in [-0.25, -0.2) is 4.79 Å². The predicted molar refractivity (Wildman–Crippen MR) is 95.4 cm³/mol. The first-order valence-corrected chi connectivity index (χ1v) is 8.24. The van der Waals surface area contributed by atoms with Crippen molar-refractivity contribution >= 4 is 17.6 Å². The van der Waals surface area contributed by atoms with Gasteiger partial charge in [0.15, 0.2) is 11.5 Å². The number of benzene rings is 2. The Kier molecular flexibility index (Phi) is 3.94. The topological polar surface area (TPSA) is 116 Å². The zero-order valence-electron chi connectivity index (χ0n) is 14.0. The van der Waals surface area contributed by atoms with Gasteiger partial charge in [0.05, 0.1) is 22.9 Å². The van der Waals surface area contributed by atoms with Gasteiger partial charge >= 0.3 is 5.97 Å². The van der Waals surface area contributed by atoms with Crippen LogP contribution in [-0.2, 0) is 12.8 Å². The molecule has 7 nitrogen and oxygen atoms in total. The van der Waals surface area contributed by atoms with Crippen LogP contribution in [0.5, 0.6) is 0 Å². The predicted octanol–water partition coefficient (Wildman–Crippen LogP) is 3.26. The minimum atomic E-state index is -1.24. The van der Waals surface area contributed by atoms with E-state index in [1.165, 1.54) is 18.2 Å². The van der Waals surface area contributed by atoms with Gasteiger partial charge in [-0.2, -0.15) is 5.26 Å². The number of nitriles is 1. The van der Waals surface area contributed by atoms with Gasteiger partial charge in [-0.15, -0.1) is 0 Å². The van der Waals surface area contributed by atoms with Crippen molar-refractivity contribution in [3.63, 3.8) is 0 Å². The summed E-state index contributed by atoms with van der Waals surface area (Å²) in [4.78, 5) is 24.1. The van der Waals surface area contributed by atoms with Crippen LogP contribution in [0.3, 0.4) is 0 Å². The molecule has 0 unspecified atom stereocenters. The molecule has 1 aromatic heterocycles. The van der Waals surface area contributed by atoms with E-state index in [9.17, 15) is 14.7 Å². The van der Waals surface area contributed by atoms with Gasteiger partial charge in [0.1, 0.15) is 0 Å². The molecule has 1 amide bonds. The molecule has 1 aliphatic carbocycles. The second kappa shape index (κ2) is 6.42. The van der Waals surface area contributed by atoms with Crippen LogP contribution in [0, 0.1) is 11.3 Å². The molecule has 3 aromatic rings. The Bertz CT molecular complexity index is 1120. The number of nitrogens with zero attached hydrogens (tertiary/aromatic N) is 2. The molecule has 0 radical (unpaired) electrons. The summed E-state index contributed by atoms with van der Waals surface area (Å²) in [5.41, 5.74) is 3.02. The van der Waals surface area contributed by atoms with Gasteiger partial charge in [-0.3, -0.25) is 4.79 Å². The maximum atomic E-state index is 12.7. The van der Waals surface area contributed by atoms with E-state index < -0.39 is 11.9 Å². The van der Waals surface area contributed by atoms with Crippen LogP contribution >= 0.6 is 0 Å². The molecule has 27 heavy (non-hydrogen) atoms. The summed E-state index contributed by atoms with van der Waals surface area (Å²) in [5, 5.41) is 24.7. The average Bonchev–Trinajstić information content (AvgIpc) is 3.13. The second-order valence-electron chi connectivity index (χ2n) is 6.13. The Labute approximate surface area is 153 Å². The third-order valence-corrected chi connectivity index (χ3v) is 4.54. The van der Waals surface area contributed by atoms with Gasteiger partial charge in [0.2, 0.25) is 0 Å². The van der Waals surface area contributed by atoms with E-state index >= 15 is 0 Å². The smallest absolute Gasteiger partial charge is 0.337 e. The first-order valence-electron chi connectivity index (χ1n) is 8.24. The number of carbonyl (C=O) groups is 2. The summed E-state index contributed by atoms with van der Waals surface area (Å²) in [6.07, 6.45) is 1.37. The molecule has 7 heteroatoms. The molecule has 2 aromatic carbocycles. The molecule has 0 atom stereocenters. The highest BCUT2D eigenvalue weighted by Gasteiger charge is 2.28. The van der Waals surface area contributed by atoms with Crippen LogP contribution in [0.25, 0.3) is 11.3 Å². The number of carbonyl (C=O) groups excluding carboxylic acids is 1. The number of hydrogen-bond acceptors (Lipinski definition) is 5. The summed E-state index contributed by atoms with van der Waals surface area (Å²) in [7, 11) is 0. The number of anilines is 1. The fourth-order valence-corrected chi connectivity index (χ4v) is 3.23. The van der Waals surface area contributed by atoms with Crippen LogP contribution in [0.2, 0.25) is 0 Å². The molecule has 0 saturated carbocycles. The Morgan fingerprint density at radius 1 is 1.19 bits per heavy atom. The maximum Gasteiger partial charge on any atom is 0.337 e. The molecule has 0 saturated heterocycles. The highest BCUT2D eigenvalue weighted by Crippen LogP contribution is 2.35. The number of hydrogen-bond donors (Lipinski definition) is 2. The fraction of sp³-hybridized carbons (Fsp3) is 0.100. The van der Waals surface area contributed by atoms with Crippen LogP contribution < -0.4 is 5.32 Å². The Morgan fingerprint density at radius 3 is 2.78 bits per heavy atom. The molecule has 1 aliphatic rings. The minimum Gasteiger partial charge on any atom is -0.478 e. The van der Waals surface area contributed by atoms with E-state index in [1.807, 2.05) is 30.3 Å². The first-order chi connectivity index (χ1) is 13.1. The summed E-state index contributed by atoms with van der Waals surface area (Å²) >= 11 is 0. The van der Waals surface area contributed by atoms with Crippen LogP contribution in [0.15, 0.2) is 47.0 Å². The molecular weight excluding hydrogens is 346 g/mol. The van der Waals surface area contributed by atoms with E-state index in [0.717, 1.165) is 17.5 Å². The zero-order chi connectivity index (χ0) is 19.0. The largest absolute Gasteiger partial charge is 0.478 e. The first kappa shape index (κ1) is 16.5. The number of aryl methyl sites for hydroxylation is 1. The van der Waals surface area contributed by atoms with Crippen molar-refractivity contribution in [2.45, 2.75) is 12.8 Å². The fourth-order valence-electron chi connectivity index (χ4n) is 3.23. The van der Waals surface area contributed by atoms with Gasteiger partial charge in [0.25, 0.3) is 5.91 Å². The van der Waals surface area contributed by atoms with Crippen LogP contribution in [0.4, 0.5) is 5.69 Å². The molecule has 0 fully saturated rings. The van der Waals surface area contributed by atoms with Gasteiger partial charge < -0.3 is 14.9 Å². The van der Waals surface area contributed by atoms with Gasteiger partial charge in [0, 0.05) is 11.1 Å². The van der Waals surface area contributed by atoms with E-state index in [0.29, 0.717) is 17.7 Å². The number of aromatic carboxylic acids is 1. The normalized spacial score (nSPS) is 11.8. The Morgan fingerprint density at radius 2 is 2.00 bits per heavy atom. The molecular formula is C20H13N3O4. The highest BCUT2D eigenvalue weighted by atomic mass is 16.5. The standard InChI is InChI=1S/C20H13N3O4/c21-10-11-5-8-16(15(9-11)20(25)26)22-19(24)17-14-7-6-12-3-1-2-4-13(12)18(14)27-23-17/h1-5,8-9H,6-7H2,(H,22,24)(H,25,26). The highest BCUT2D eigenvalue weighted by molar-refractivity contribution is 6.08. The molecule has 0 aliphatic heterocycles. The second-order valence-corrected chi connectivity index (χ2v) is 6.13. The van der Waals surface area contributed by atoms with E-state index in [-0.39, 0.29) is 22.5 Å². The number of fused-ring (bicyclic) bond motifs is 3. The number of carboxylic acid groups (broad SMARTS) is 1. The lowest BCUT2D eigenvalue weighted by Crippen LogP contribution is -2.17. The third kappa shape index (κ3) is 2.83. The Balaban J connectivity index is 1.68. The SMILES string of the molecule is N#Cc1ccc(NC(=O)c2noc3c2CCc2ccccc2-3)c(C(=O)O)c1. The van der Waals surface area contributed by atoms with E-state index in [2.05, 4.69) is 10.5 Å². The summed E-state index contributed by atoms with van der Waals surface area (Å²) < 4.78 is 5.42. The summed E-state index contributed by atoms with van der Waals surface area (Å²) in [6.45, 7) is 0. The molecule has 1 heterocycles. The lowest BCUT2D eigenvalue weighted by molar-refractivity contribution is 0.0698. The maximum absolute atomic E-state index is 12.7. The number of carboxylic acids is 1. The molecule has 4 rings (SSSR count). The molecule has 0 spiro atoms. The number of rotatable bonds is 3. The van der Waals surface area contributed by atoms with Crippen molar-refractivity contribution in [2.24, 2.45) is 0 Å². The van der Waals surface area contributed by atoms with Crippen molar-refractivity contribution in [2.75, 3.05) is 5.32 Å². The lowest BCUT2D eigenvalue weighted by Gasteiger charge is -2.14. The monoisotopic (exact) mass is 359 g/mol.